The van der Waals surface area contributed by atoms with Gasteiger partial charge in [0, 0.05) is 16.9 Å². The highest BCUT2D eigenvalue weighted by molar-refractivity contribution is 6.31. The Balaban J connectivity index is 1.75. The van der Waals surface area contributed by atoms with Crippen molar-refractivity contribution in [2.45, 2.75) is 18.6 Å². The molecule has 21 heavy (non-hydrogen) atoms. The molecule has 0 spiro atoms. The van der Waals surface area contributed by atoms with Gasteiger partial charge in [-0.05, 0) is 24.6 Å². The summed E-state index contributed by atoms with van der Waals surface area (Å²) in [6.07, 6.45) is -1.28. The Morgan fingerprint density at radius 1 is 1.05 bits per heavy atom. The van der Waals surface area contributed by atoms with Crippen LogP contribution in [0.4, 0.5) is 5.69 Å². The molecule has 3 fully saturated rings. The fourth-order valence-electron chi connectivity index (χ4n) is 4.30. The molecule has 0 unspecified atom stereocenters. The van der Waals surface area contributed by atoms with Crippen LogP contribution >= 0.6 is 11.6 Å². The van der Waals surface area contributed by atoms with Gasteiger partial charge in [0.1, 0.15) is 0 Å². The van der Waals surface area contributed by atoms with Crippen LogP contribution < -0.4 is 4.90 Å². The summed E-state index contributed by atoms with van der Waals surface area (Å²) in [5, 5.41) is 20.4. The van der Waals surface area contributed by atoms with Crippen molar-refractivity contribution >= 4 is 29.1 Å². The van der Waals surface area contributed by atoms with Gasteiger partial charge in [-0.1, -0.05) is 17.7 Å². The summed E-state index contributed by atoms with van der Waals surface area (Å²) in [7, 11) is 0. The van der Waals surface area contributed by atoms with Gasteiger partial charge >= 0.3 is 0 Å². The van der Waals surface area contributed by atoms with Crippen molar-refractivity contribution in [1.29, 1.82) is 0 Å². The zero-order chi connectivity index (χ0) is 14.9. The Labute approximate surface area is 126 Å². The van der Waals surface area contributed by atoms with Gasteiger partial charge in [0.15, 0.2) is 0 Å². The van der Waals surface area contributed by atoms with E-state index in [0.717, 1.165) is 4.90 Å². The van der Waals surface area contributed by atoms with Crippen LogP contribution in [0.1, 0.15) is 6.42 Å². The van der Waals surface area contributed by atoms with Crippen LogP contribution in [0.15, 0.2) is 24.3 Å². The molecule has 1 aromatic rings. The van der Waals surface area contributed by atoms with E-state index >= 15 is 0 Å². The van der Waals surface area contributed by atoms with E-state index in [4.69, 9.17) is 11.6 Å². The number of anilines is 1. The Bertz CT molecular complexity index is 616. The first-order chi connectivity index (χ1) is 10.0. The highest BCUT2D eigenvalue weighted by Gasteiger charge is 2.67. The highest BCUT2D eigenvalue weighted by atomic mass is 35.5. The van der Waals surface area contributed by atoms with E-state index < -0.39 is 24.0 Å². The summed E-state index contributed by atoms with van der Waals surface area (Å²) in [6.45, 7) is 0. The van der Waals surface area contributed by atoms with Crippen LogP contribution in [0.25, 0.3) is 0 Å². The lowest BCUT2D eigenvalue weighted by molar-refractivity contribution is -0.129. The number of halogens is 1. The smallest absolute Gasteiger partial charge is 0.238 e. The van der Waals surface area contributed by atoms with Crippen LogP contribution in [0.2, 0.25) is 5.02 Å². The third-order valence-electron chi connectivity index (χ3n) is 5.16. The Morgan fingerprint density at radius 3 is 2.14 bits per heavy atom. The fraction of sp³-hybridized carbons (Fsp3) is 0.467. The third kappa shape index (κ3) is 1.59. The number of carbonyl (C=O) groups is 2. The lowest BCUT2D eigenvalue weighted by atomic mass is 9.78. The maximum Gasteiger partial charge on any atom is 0.238 e. The molecule has 0 aromatic heterocycles. The number of fused-ring (bicyclic) bond motifs is 5. The molecule has 6 atom stereocenters. The van der Waals surface area contributed by atoms with Gasteiger partial charge in [-0.2, -0.15) is 0 Å². The summed E-state index contributed by atoms with van der Waals surface area (Å²) < 4.78 is 0. The number of rotatable bonds is 1. The molecule has 4 rings (SSSR count). The van der Waals surface area contributed by atoms with Gasteiger partial charge in [-0.15, -0.1) is 0 Å². The van der Waals surface area contributed by atoms with Gasteiger partial charge in [-0.3, -0.25) is 9.59 Å². The molecule has 0 radical (unpaired) electrons. The zero-order valence-corrected chi connectivity index (χ0v) is 11.8. The number of aliphatic hydroxyl groups excluding tert-OH is 2. The molecular formula is C15H14ClNO4. The second-order valence-corrected chi connectivity index (χ2v) is 6.52. The van der Waals surface area contributed by atoms with Crippen molar-refractivity contribution < 1.29 is 19.8 Å². The number of aliphatic hydroxyl groups is 2. The van der Waals surface area contributed by atoms with E-state index in [0.29, 0.717) is 17.1 Å². The molecule has 3 aliphatic rings. The topological polar surface area (TPSA) is 77.8 Å². The summed E-state index contributed by atoms with van der Waals surface area (Å²) >= 11 is 5.93. The van der Waals surface area contributed by atoms with Crippen molar-refractivity contribution in [2.24, 2.45) is 23.7 Å². The minimum absolute atomic E-state index is 0.286. The van der Waals surface area contributed by atoms with Crippen molar-refractivity contribution in [3.05, 3.63) is 29.3 Å². The largest absolute Gasteiger partial charge is 0.390 e. The van der Waals surface area contributed by atoms with Crippen molar-refractivity contribution in [3.8, 4) is 0 Å². The lowest BCUT2D eigenvalue weighted by Gasteiger charge is -2.29. The fourth-order valence-corrected chi connectivity index (χ4v) is 4.48. The van der Waals surface area contributed by atoms with Crippen LogP contribution in [-0.2, 0) is 9.59 Å². The highest BCUT2D eigenvalue weighted by Crippen LogP contribution is 2.56. The second kappa shape index (κ2) is 4.29. The monoisotopic (exact) mass is 307 g/mol. The second-order valence-electron chi connectivity index (χ2n) is 6.09. The molecule has 2 aliphatic carbocycles. The zero-order valence-electron chi connectivity index (χ0n) is 11.0. The first-order valence-corrected chi connectivity index (χ1v) is 7.38. The van der Waals surface area contributed by atoms with E-state index in [-0.39, 0.29) is 23.7 Å². The maximum absolute atomic E-state index is 12.6. The van der Waals surface area contributed by atoms with E-state index in [1.54, 1.807) is 24.3 Å². The average Bonchev–Trinajstić information content (AvgIpc) is 3.04. The summed E-state index contributed by atoms with van der Waals surface area (Å²) in [5.74, 6) is -2.25. The number of amides is 2. The van der Waals surface area contributed by atoms with E-state index in [1.807, 2.05) is 0 Å². The molecule has 1 saturated heterocycles. The van der Waals surface area contributed by atoms with Crippen LogP contribution in [0.5, 0.6) is 0 Å². The normalized spacial score (nSPS) is 41.0. The molecule has 110 valence electrons. The SMILES string of the molecule is O=C1[C@H]2[C@@H]3C[C@H]([C@H](O)[C@H]3O)[C@@H]2C(=O)N1c1cccc(Cl)c1. The van der Waals surface area contributed by atoms with Gasteiger partial charge in [0.2, 0.25) is 11.8 Å². The molecule has 1 aliphatic heterocycles. The number of carbonyl (C=O) groups excluding carboxylic acids is 2. The number of hydrogen-bond acceptors (Lipinski definition) is 4. The number of nitrogens with zero attached hydrogens (tertiary/aromatic N) is 1. The summed E-state index contributed by atoms with van der Waals surface area (Å²) in [5.41, 5.74) is 0.454. The van der Waals surface area contributed by atoms with Gasteiger partial charge < -0.3 is 10.2 Å². The third-order valence-corrected chi connectivity index (χ3v) is 5.39. The van der Waals surface area contributed by atoms with Gasteiger partial charge in [0.25, 0.3) is 0 Å². The average molecular weight is 308 g/mol. The molecule has 2 N–H and O–H groups in total. The van der Waals surface area contributed by atoms with Crippen LogP contribution in [0, 0.1) is 23.7 Å². The van der Waals surface area contributed by atoms with E-state index in [2.05, 4.69) is 0 Å². The van der Waals surface area contributed by atoms with Crippen molar-refractivity contribution in [3.63, 3.8) is 0 Å². The predicted octanol–water partition coefficient (Wildman–Crippen LogP) is 0.817. The van der Waals surface area contributed by atoms with Crippen LogP contribution in [-0.4, -0.2) is 34.2 Å². The molecule has 2 bridgehead atoms. The Hall–Kier alpha value is -1.43. The first kappa shape index (κ1) is 13.2. The number of imide groups is 1. The molecular weight excluding hydrogens is 294 g/mol. The quantitative estimate of drug-likeness (QED) is 0.753. The van der Waals surface area contributed by atoms with E-state index in [1.165, 1.54) is 0 Å². The molecule has 1 aromatic carbocycles. The van der Waals surface area contributed by atoms with Crippen molar-refractivity contribution in [2.75, 3.05) is 4.90 Å². The molecule has 5 nitrogen and oxygen atoms in total. The van der Waals surface area contributed by atoms with Gasteiger partial charge in [-0.25, -0.2) is 4.90 Å². The van der Waals surface area contributed by atoms with Crippen LogP contribution in [0.3, 0.4) is 0 Å². The molecule has 1 heterocycles. The summed E-state index contributed by atoms with van der Waals surface area (Å²) in [4.78, 5) is 26.4. The molecule has 2 amide bonds. The lowest BCUT2D eigenvalue weighted by Crippen LogP contribution is -2.43. The molecule has 6 heteroatoms. The standard InChI is InChI=1S/C15H14ClNO4/c16-6-2-1-3-7(4-6)17-14(20)10-8-5-9(11(10)15(17)21)13(19)12(8)18/h1-4,8-13,18-19H,5H2/t8-,9-,10-,11-,12-,13-/m0/s1. The minimum atomic E-state index is -0.910. The summed E-state index contributed by atoms with van der Waals surface area (Å²) in [6, 6.07) is 6.60. The van der Waals surface area contributed by atoms with E-state index in [9.17, 15) is 19.8 Å². The van der Waals surface area contributed by atoms with Crippen molar-refractivity contribution in [1.82, 2.24) is 0 Å². The number of hydrogen-bond donors (Lipinski definition) is 2. The minimum Gasteiger partial charge on any atom is -0.390 e. The number of benzene rings is 1. The maximum atomic E-state index is 12.6. The Morgan fingerprint density at radius 2 is 1.62 bits per heavy atom. The first-order valence-electron chi connectivity index (χ1n) is 7.00. The predicted molar refractivity (Wildman–Crippen MR) is 74.5 cm³/mol. The Kier molecular flexibility index (Phi) is 2.70. The van der Waals surface area contributed by atoms with Gasteiger partial charge in [0.05, 0.1) is 29.7 Å². The molecule has 2 saturated carbocycles.